The second-order valence-corrected chi connectivity index (χ2v) is 6.65. The van der Waals surface area contributed by atoms with Gasteiger partial charge >= 0.3 is 7.82 Å². The first-order valence-corrected chi connectivity index (χ1v) is 8.79. The molecule has 11 nitrogen and oxygen atoms in total. The van der Waals surface area contributed by atoms with Crippen molar-refractivity contribution in [2.75, 3.05) is 18.9 Å². The number of aliphatic hydroxyl groups is 1. The molecule has 0 bridgehead atoms. The molecule has 0 aromatic carbocycles. The van der Waals surface area contributed by atoms with E-state index in [2.05, 4.69) is 19.5 Å². The summed E-state index contributed by atoms with van der Waals surface area (Å²) in [4.78, 5) is 21.5. The number of hydrogen-bond acceptors (Lipinski definition) is 9. The average Bonchev–Trinajstić information content (AvgIpc) is 3.09. The number of aromatic nitrogens is 4. The number of nitrogen functional groups attached to an aromatic ring is 1. The van der Waals surface area contributed by atoms with E-state index >= 15 is 0 Å². The molecule has 4 atom stereocenters. The number of rotatable bonds is 6. The van der Waals surface area contributed by atoms with Gasteiger partial charge in [0.15, 0.2) is 11.5 Å². The highest BCUT2D eigenvalue weighted by Crippen LogP contribution is 2.44. The van der Waals surface area contributed by atoms with Crippen molar-refractivity contribution >= 4 is 24.8 Å². The molecule has 24 heavy (non-hydrogen) atoms. The lowest BCUT2D eigenvalue weighted by molar-refractivity contribution is -0.0437. The fourth-order valence-electron chi connectivity index (χ4n) is 2.48. The maximum absolute atomic E-state index is 11.5. The van der Waals surface area contributed by atoms with Crippen LogP contribution in [0.15, 0.2) is 12.7 Å². The Labute approximate surface area is 137 Å². The fourth-order valence-corrected chi connectivity index (χ4v) is 3.22. The Bertz CT molecular complexity index is 769. The van der Waals surface area contributed by atoms with Crippen molar-refractivity contribution < 1.29 is 28.3 Å². The van der Waals surface area contributed by atoms with Crippen molar-refractivity contribution in [1.82, 2.24) is 19.5 Å². The average molecular weight is 359 g/mol. The van der Waals surface area contributed by atoms with Gasteiger partial charge in [-0.15, -0.1) is 0 Å². The van der Waals surface area contributed by atoms with E-state index in [1.54, 1.807) is 11.5 Å². The van der Waals surface area contributed by atoms with Crippen molar-refractivity contribution in [3.63, 3.8) is 0 Å². The van der Waals surface area contributed by atoms with Gasteiger partial charge in [0.2, 0.25) is 0 Å². The highest BCUT2D eigenvalue weighted by Gasteiger charge is 2.37. The molecule has 1 unspecified atom stereocenters. The molecular weight excluding hydrogens is 341 g/mol. The minimum Gasteiger partial charge on any atom is -0.390 e. The zero-order valence-electron chi connectivity index (χ0n) is 12.8. The maximum atomic E-state index is 11.5. The monoisotopic (exact) mass is 359 g/mol. The Morgan fingerprint density at radius 2 is 2.25 bits per heavy atom. The fraction of sp³-hybridized carbons (Fsp3) is 0.583. The van der Waals surface area contributed by atoms with Crippen LogP contribution in [0.3, 0.4) is 0 Å². The van der Waals surface area contributed by atoms with Gasteiger partial charge in [-0.2, -0.15) is 0 Å². The van der Waals surface area contributed by atoms with Crippen LogP contribution in [0.25, 0.3) is 11.2 Å². The van der Waals surface area contributed by atoms with Crippen LogP contribution in [0.1, 0.15) is 19.6 Å². The Balaban J connectivity index is 1.71. The Kier molecular flexibility index (Phi) is 4.81. The summed E-state index contributed by atoms with van der Waals surface area (Å²) in [7, 11) is -4.14. The number of anilines is 1. The normalized spacial score (nSPS) is 26.7. The summed E-state index contributed by atoms with van der Waals surface area (Å²) in [6.45, 7) is 1.32. The molecule has 3 heterocycles. The predicted octanol–water partition coefficient (Wildman–Crippen LogP) is 0.210. The molecule has 4 N–H and O–H groups in total. The van der Waals surface area contributed by atoms with Crippen LogP contribution in [-0.2, 0) is 18.3 Å². The highest BCUT2D eigenvalue weighted by molar-refractivity contribution is 7.47. The topological polar surface area (TPSA) is 155 Å². The number of nitrogens with zero attached hydrogens (tertiary/aromatic N) is 4. The van der Waals surface area contributed by atoms with E-state index in [0.717, 1.165) is 0 Å². The second-order valence-electron chi connectivity index (χ2n) is 5.20. The van der Waals surface area contributed by atoms with Crippen LogP contribution < -0.4 is 5.73 Å². The zero-order chi connectivity index (χ0) is 17.3. The number of phosphoric acid groups is 1. The van der Waals surface area contributed by atoms with E-state index in [9.17, 15) is 14.6 Å². The number of aliphatic hydroxyl groups excluding tert-OH is 1. The van der Waals surface area contributed by atoms with Gasteiger partial charge in [-0.25, -0.2) is 19.5 Å². The van der Waals surface area contributed by atoms with Gasteiger partial charge in [-0.1, -0.05) is 0 Å². The molecule has 0 amide bonds. The van der Waals surface area contributed by atoms with Crippen LogP contribution >= 0.6 is 7.82 Å². The highest BCUT2D eigenvalue weighted by atomic mass is 31.2. The van der Waals surface area contributed by atoms with Gasteiger partial charge in [-0.3, -0.25) is 13.6 Å². The van der Waals surface area contributed by atoms with Gasteiger partial charge in [0.1, 0.15) is 24.2 Å². The van der Waals surface area contributed by atoms with Crippen molar-refractivity contribution in [3.05, 3.63) is 12.7 Å². The Morgan fingerprint density at radius 3 is 3.00 bits per heavy atom. The predicted molar refractivity (Wildman–Crippen MR) is 81.7 cm³/mol. The summed E-state index contributed by atoms with van der Waals surface area (Å²) in [5.41, 5.74) is 6.65. The lowest BCUT2D eigenvalue weighted by Gasteiger charge is -2.17. The molecule has 12 heteroatoms. The van der Waals surface area contributed by atoms with Crippen LogP contribution in [-0.4, -0.2) is 54.9 Å². The summed E-state index contributed by atoms with van der Waals surface area (Å²) in [5, 5.41) is 10.1. The number of imidazole rings is 1. The van der Waals surface area contributed by atoms with Gasteiger partial charge in [0, 0.05) is 6.42 Å². The van der Waals surface area contributed by atoms with E-state index < -0.39 is 26.3 Å². The second kappa shape index (κ2) is 6.71. The zero-order valence-corrected chi connectivity index (χ0v) is 13.7. The summed E-state index contributed by atoms with van der Waals surface area (Å²) >= 11 is 0. The summed E-state index contributed by atoms with van der Waals surface area (Å²) in [6.07, 6.45) is 0.826. The van der Waals surface area contributed by atoms with E-state index in [4.69, 9.17) is 15.0 Å². The molecule has 1 fully saturated rings. The largest absolute Gasteiger partial charge is 0.472 e. The standard InChI is InChI=1S/C12H18N5O6P/c1-2-21-24(19,20)22-4-8-7(18)3-9(23-8)17-6-16-10-11(13)14-5-15-12(10)17/h5-9,18H,2-4H2,1H3,(H,19,20)(H2,13,14,15)/t7-,8+,9+/m0/s1. The SMILES string of the molecule is CCOP(=O)(O)OC[C@H]1O[C@@H](n2cnc3c(N)ncnc32)C[C@@H]1O. The lowest BCUT2D eigenvalue weighted by Crippen LogP contribution is -2.26. The first-order valence-electron chi connectivity index (χ1n) is 7.29. The molecule has 0 spiro atoms. The molecule has 2 aromatic heterocycles. The molecule has 0 radical (unpaired) electrons. The summed E-state index contributed by atoms with van der Waals surface area (Å²) in [6, 6.07) is 0. The number of ether oxygens (including phenoxy) is 1. The molecule has 1 aliphatic heterocycles. The van der Waals surface area contributed by atoms with Crippen molar-refractivity contribution in [3.8, 4) is 0 Å². The Morgan fingerprint density at radius 1 is 1.46 bits per heavy atom. The molecule has 0 aliphatic carbocycles. The van der Waals surface area contributed by atoms with E-state index in [-0.39, 0.29) is 25.5 Å². The maximum Gasteiger partial charge on any atom is 0.472 e. The van der Waals surface area contributed by atoms with Crippen molar-refractivity contribution in [2.45, 2.75) is 31.8 Å². The number of phosphoric ester groups is 1. The molecule has 132 valence electrons. The van der Waals surface area contributed by atoms with E-state index in [0.29, 0.717) is 11.2 Å². The minimum absolute atomic E-state index is 0.0344. The third kappa shape index (κ3) is 3.41. The van der Waals surface area contributed by atoms with E-state index in [1.165, 1.54) is 12.7 Å². The van der Waals surface area contributed by atoms with E-state index in [1.807, 2.05) is 0 Å². The first kappa shape index (κ1) is 17.2. The smallest absolute Gasteiger partial charge is 0.390 e. The number of fused-ring (bicyclic) bond motifs is 1. The molecule has 1 aliphatic rings. The first-order chi connectivity index (χ1) is 11.4. The quantitative estimate of drug-likeness (QED) is 0.609. The third-order valence-corrected chi connectivity index (χ3v) is 4.66. The molecular formula is C12H18N5O6P. The third-order valence-electron chi connectivity index (χ3n) is 3.60. The molecule has 3 rings (SSSR count). The van der Waals surface area contributed by atoms with Crippen LogP contribution in [0.4, 0.5) is 5.82 Å². The summed E-state index contributed by atoms with van der Waals surface area (Å²) in [5.74, 6) is 0.245. The van der Waals surface area contributed by atoms with Crippen LogP contribution in [0.5, 0.6) is 0 Å². The van der Waals surface area contributed by atoms with Gasteiger partial charge in [0.05, 0.1) is 25.6 Å². The van der Waals surface area contributed by atoms with Crippen molar-refractivity contribution in [2.24, 2.45) is 0 Å². The number of nitrogens with two attached hydrogens (primary N) is 1. The summed E-state index contributed by atoms with van der Waals surface area (Å²) < 4.78 is 28.3. The molecule has 2 aromatic rings. The minimum atomic E-state index is -4.14. The Hall–Kier alpha value is -1.62. The van der Waals surface area contributed by atoms with Gasteiger partial charge < -0.3 is 20.5 Å². The van der Waals surface area contributed by atoms with Crippen LogP contribution in [0.2, 0.25) is 0 Å². The molecule has 1 saturated heterocycles. The van der Waals surface area contributed by atoms with Gasteiger partial charge in [-0.05, 0) is 6.92 Å². The van der Waals surface area contributed by atoms with Crippen molar-refractivity contribution in [1.29, 1.82) is 0 Å². The molecule has 0 saturated carbocycles. The van der Waals surface area contributed by atoms with Gasteiger partial charge in [0.25, 0.3) is 0 Å². The van der Waals surface area contributed by atoms with Crippen LogP contribution in [0, 0.1) is 0 Å². The number of hydrogen-bond donors (Lipinski definition) is 3. The lowest BCUT2D eigenvalue weighted by atomic mass is 10.2.